The van der Waals surface area contributed by atoms with Crippen LogP contribution in [0.4, 0.5) is 5.13 Å². The number of aromatic nitrogens is 1. The zero-order valence-electron chi connectivity index (χ0n) is 15.9. The molecule has 1 saturated heterocycles. The van der Waals surface area contributed by atoms with Crippen LogP contribution < -0.4 is 9.64 Å². The van der Waals surface area contributed by atoms with Crippen LogP contribution in [0.1, 0.15) is 21.5 Å². The normalized spacial score (nSPS) is 14.6. The highest BCUT2D eigenvalue weighted by atomic mass is 32.1. The molecule has 1 aliphatic rings. The highest BCUT2D eigenvalue weighted by molar-refractivity contribution is 7.22. The molecular weight excluding hydrogens is 358 g/mol. The first-order valence-corrected chi connectivity index (χ1v) is 9.93. The molecule has 2 aromatic carbocycles. The molecule has 4 rings (SSSR count). The van der Waals surface area contributed by atoms with Gasteiger partial charge in [0.05, 0.1) is 11.8 Å². The Labute approximate surface area is 163 Å². The third kappa shape index (κ3) is 3.37. The number of methoxy groups -OCH3 is 1. The van der Waals surface area contributed by atoms with Crippen molar-refractivity contribution in [2.45, 2.75) is 13.8 Å². The van der Waals surface area contributed by atoms with Crippen LogP contribution in [-0.4, -0.2) is 49.1 Å². The minimum absolute atomic E-state index is 0.115. The van der Waals surface area contributed by atoms with Gasteiger partial charge in [-0.25, -0.2) is 4.98 Å². The molecule has 0 N–H and O–H groups in total. The fourth-order valence-corrected chi connectivity index (χ4v) is 4.40. The number of anilines is 1. The molecule has 140 valence electrons. The number of aryl methyl sites for hydroxylation is 2. The van der Waals surface area contributed by atoms with E-state index in [0.717, 1.165) is 45.3 Å². The van der Waals surface area contributed by atoms with Crippen molar-refractivity contribution >= 4 is 32.6 Å². The molecule has 0 saturated carbocycles. The standard InChI is InChI=1S/C21H23N3O2S/c1-14-7-8-16(13-15(14)2)20(25)23-9-11-24(12-10-23)21-22-19-17(26-3)5-4-6-18(19)27-21/h4-8,13H,9-12H2,1-3H3. The summed E-state index contributed by atoms with van der Waals surface area (Å²) in [6.07, 6.45) is 0. The third-order valence-corrected chi connectivity index (χ3v) is 6.26. The van der Waals surface area contributed by atoms with Crippen molar-refractivity contribution in [3.63, 3.8) is 0 Å². The van der Waals surface area contributed by atoms with Crippen molar-refractivity contribution in [1.29, 1.82) is 0 Å². The quantitative estimate of drug-likeness (QED) is 0.691. The third-order valence-electron chi connectivity index (χ3n) is 5.18. The Bertz CT molecular complexity index is 990. The zero-order valence-corrected chi connectivity index (χ0v) is 16.7. The number of ether oxygens (including phenoxy) is 1. The molecule has 0 spiro atoms. The first-order valence-electron chi connectivity index (χ1n) is 9.12. The highest BCUT2D eigenvalue weighted by Gasteiger charge is 2.24. The van der Waals surface area contributed by atoms with Crippen molar-refractivity contribution in [1.82, 2.24) is 9.88 Å². The van der Waals surface area contributed by atoms with Crippen molar-refractivity contribution in [2.24, 2.45) is 0 Å². The lowest BCUT2D eigenvalue weighted by Crippen LogP contribution is -2.48. The van der Waals surface area contributed by atoms with E-state index in [1.807, 2.05) is 42.2 Å². The van der Waals surface area contributed by atoms with Crippen LogP contribution in [0.5, 0.6) is 5.75 Å². The van der Waals surface area contributed by atoms with E-state index in [-0.39, 0.29) is 5.91 Å². The Hall–Kier alpha value is -2.60. The monoisotopic (exact) mass is 381 g/mol. The van der Waals surface area contributed by atoms with Crippen molar-refractivity contribution in [2.75, 3.05) is 38.2 Å². The van der Waals surface area contributed by atoms with E-state index in [9.17, 15) is 4.79 Å². The molecule has 0 radical (unpaired) electrons. The van der Waals surface area contributed by atoms with E-state index < -0.39 is 0 Å². The summed E-state index contributed by atoms with van der Waals surface area (Å²) >= 11 is 1.67. The van der Waals surface area contributed by atoms with Crippen LogP contribution in [0.3, 0.4) is 0 Å². The van der Waals surface area contributed by atoms with E-state index in [1.165, 1.54) is 5.56 Å². The Kier molecular flexibility index (Phi) is 4.74. The molecule has 6 heteroatoms. The number of benzene rings is 2. The molecule has 3 aromatic rings. The van der Waals surface area contributed by atoms with Crippen LogP contribution in [-0.2, 0) is 0 Å². The molecule has 1 aliphatic heterocycles. The van der Waals surface area contributed by atoms with Crippen LogP contribution in [0.15, 0.2) is 36.4 Å². The van der Waals surface area contributed by atoms with Gasteiger partial charge in [0, 0.05) is 31.7 Å². The van der Waals surface area contributed by atoms with Crippen LogP contribution in [0, 0.1) is 13.8 Å². The van der Waals surface area contributed by atoms with Crippen molar-refractivity contribution in [3.05, 3.63) is 53.1 Å². The lowest BCUT2D eigenvalue weighted by Gasteiger charge is -2.34. The van der Waals surface area contributed by atoms with Crippen LogP contribution in [0.25, 0.3) is 10.2 Å². The molecule has 1 amide bonds. The number of fused-ring (bicyclic) bond motifs is 1. The average Bonchev–Trinajstić information content (AvgIpc) is 3.14. The van der Waals surface area contributed by atoms with Gasteiger partial charge in [-0.05, 0) is 49.2 Å². The number of piperazine rings is 1. The maximum Gasteiger partial charge on any atom is 0.253 e. The highest BCUT2D eigenvalue weighted by Crippen LogP contribution is 2.34. The molecule has 0 unspecified atom stereocenters. The number of thiazole rings is 1. The van der Waals surface area contributed by atoms with Crippen LogP contribution in [0.2, 0.25) is 0 Å². The number of rotatable bonds is 3. The Morgan fingerprint density at radius 3 is 2.56 bits per heavy atom. The summed E-state index contributed by atoms with van der Waals surface area (Å²) in [5.41, 5.74) is 4.05. The van der Waals surface area contributed by atoms with Gasteiger partial charge in [-0.1, -0.05) is 23.5 Å². The second kappa shape index (κ2) is 7.19. The Morgan fingerprint density at radius 1 is 1.07 bits per heavy atom. The molecular formula is C21H23N3O2S. The molecule has 1 aromatic heterocycles. The predicted octanol–water partition coefficient (Wildman–Crippen LogP) is 3.88. The summed E-state index contributed by atoms with van der Waals surface area (Å²) in [4.78, 5) is 21.8. The van der Waals surface area contributed by atoms with E-state index in [4.69, 9.17) is 9.72 Å². The fourth-order valence-electron chi connectivity index (χ4n) is 3.37. The topological polar surface area (TPSA) is 45.7 Å². The largest absolute Gasteiger partial charge is 0.494 e. The molecule has 0 aliphatic carbocycles. The second-order valence-electron chi connectivity index (χ2n) is 6.88. The SMILES string of the molecule is COc1cccc2sc(N3CCN(C(=O)c4ccc(C)c(C)c4)CC3)nc12. The van der Waals surface area contributed by atoms with E-state index in [2.05, 4.69) is 17.9 Å². The maximum absolute atomic E-state index is 12.8. The van der Waals surface area contributed by atoms with Crippen LogP contribution >= 0.6 is 11.3 Å². The summed E-state index contributed by atoms with van der Waals surface area (Å²) in [5, 5.41) is 0.993. The smallest absolute Gasteiger partial charge is 0.253 e. The van der Waals surface area contributed by atoms with Gasteiger partial charge in [0.15, 0.2) is 5.13 Å². The molecule has 2 heterocycles. The molecule has 1 fully saturated rings. The van der Waals surface area contributed by atoms with Gasteiger partial charge >= 0.3 is 0 Å². The second-order valence-corrected chi connectivity index (χ2v) is 7.89. The van der Waals surface area contributed by atoms with Gasteiger partial charge in [0.1, 0.15) is 11.3 Å². The van der Waals surface area contributed by atoms with Gasteiger partial charge < -0.3 is 14.5 Å². The van der Waals surface area contributed by atoms with E-state index >= 15 is 0 Å². The van der Waals surface area contributed by atoms with Gasteiger partial charge in [0.25, 0.3) is 5.91 Å². The van der Waals surface area contributed by atoms with Gasteiger partial charge in [-0.15, -0.1) is 0 Å². The molecule has 27 heavy (non-hydrogen) atoms. The molecule has 5 nitrogen and oxygen atoms in total. The Morgan fingerprint density at radius 2 is 1.85 bits per heavy atom. The van der Waals surface area contributed by atoms with Crippen molar-refractivity contribution < 1.29 is 9.53 Å². The average molecular weight is 382 g/mol. The van der Waals surface area contributed by atoms with Gasteiger partial charge in [-0.3, -0.25) is 4.79 Å². The number of amides is 1. The maximum atomic E-state index is 12.8. The minimum atomic E-state index is 0.115. The lowest BCUT2D eigenvalue weighted by atomic mass is 10.1. The van der Waals surface area contributed by atoms with Gasteiger partial charge in [0.2, 0.25) is 0 Å². The summed E-state index contributed by atoms with van der Waals surface area (Å²) in [7, 11) is 1.67. The van der Waals surface area contributed by atoms with Gasteiger partial charge in [-0.2, -0.15) is 0 Å². The minimum Gasteiger partial charge on any atom is -0.494 e. The summed E-state index contributed by atoms with van der Waals surface area (Å²) < 4.78 is 6.54. The zero-order chi connectivity index (χ0) is 19.0. The first kappa shape index (κ1) is 17.8. The number of carbonyl (C=O) groups excluding carboxylic acids is 1. The predicted molar refractivity (Wildman–Crippen MR) is 110 cm³/mol. The van der Waals surface area contributed by atoms with E-state index in [0.29, 0.717) is 13.1 Å². The van der Waals surface area contributed by atoms with Crippen molar-refractivity contribution in [3.8, 4) is 5.75 Å². The summed E-state index contributed by atoms with van der Waals surface area (Å²) in [5.74, 6) is 0.919. The molecule has 0 atom stereocenters. The number of nitrogens with zero attached hydrogens (tertiary/aromatic N) is 3. The molecule has 0 bridgehead atoms. The Balaban J connectivity index is 1.47. The number of para-hydroxylation sites is 1. The summed E-state index contributed by atoms with van der Waals surface area (Å²) in [6.45, 7) is 7.11. The summed E-state index contributed by atoms with van der Waals surface area (Å²) in [6, 6.07) is 11.9. The first-order chi connectivity index (χ1) is 13.1. The van der Waals surface area contributed by atoms with E-state index in [1.54, 1.807) is 18.4 Å². The lowest BCUT2D eigenvalue weighted by molar-refractivity contribution is 0.0746. The number of carbonyl (C=O) groups is 1. The number of hydrogen-bond acceptors (Lipinski definition) is 5. The number of hydrogen-bond donors (Lipinski definition) is 0. The fraction of sp³-hybridized carbons (Fsp3) is 0.333.